The Bertz CT molecular complexity index is 244. The summed E-state index contributed by atoms with van der Waals surface area (Å²) in [5, 5.41) is 0. The van der Waals surface area contributed by atoms with Crippen LogP contribution in [0.4, 0.5) is 5.95 Å². The van der Waals surface area contributed by atoms with Crippen LogP contribution in [0.2, 0.25) is 0 Å². The predicted octanol–water partition coefficient (Wildman–Crippen LogP) is 0.703. The molecule has 0 bridgehead atoms. The molecule has 1 saturated heterocycles. The minimum atomic E-state index is 0.776. The summed E-state index contributed by atoms with van der Waals surface area (Å²) in [7, 11) is 0. The molecule has 1 aromatic heterocycles. The van der Waals surface area contributed by atoms with Crippen LogP contribution in [0.15, 0.2) is 18.5 Å². The summed E-state index contributed by atoms with van der Waals surface area (Å²) in [5.74, 6) is 0.813. The van der Waals surface area contributed by atoms with E-state index in [-0.39, 0.29) is 0 Å². The van der Waals surface area contributed by atoms with Crippen molar-refractivity contribution in [3.8, 4) is 0 Å². The Morgan fingerprint density at radius 3 is 2.85 bits per heavy atom. The van der Waals surface area contributed by atoms with Crippen molar-refractivity contribution < 1.29 is 4.74 Å². The third-order valence-corrected chi connectivity index (χ3v) is 2.06. The van der Waals surface area contributed by atoms with Gasteiger partial charge in [0.15, 0.2) is 0 Å². The van der Waals surface area contributed by atoms with Crippen LogP contribution in [-0.2, 0) is 4.74 Å². The smallest absolute Gasteiger partial charge is 0.225 e. The summed E-state index contributed by atoms with van der Waals surface area (Å²) >= 11 is 0. The van der Waals surface area contributed by atoms with Gasteiger partial charge in [0.25, 0.3) is 0 Å². The first-order chi connectivity index (χ1) is 6.47. The molecule has 0 saturated carbocycles. The maximum atomic E-state index is 5.35. The molecule has 2 heterocycles. The Morgan fingerprint density at radius 2 is 2.00 bits per heavy atom. The zero-order valence-corrected chi connectivity index (χ0v) is 7.52. The average molecular weight is 179 g/mol. The normalized spacial score (nSPS) is 18.3. The minimum Gasteiger partial charge on any atom is -0.380 e. The summed E-state index contributed by atoms with van der Waals surface area (Å²) in [6.45, 7) is 3.51. The van der Waals surface area contributed by atoms with Gasteiger partial charge < -0.3 is 9.64 Å². The van der Waals surface area contributed by atoms with E-state index in [1.54, 1.807) is 12.4 Å². The lowest BCUT2D eigenvalue weighted by atomic mass is 10.4. The fraction of sp³-hybridized carbons (Fsp3) is 0.556. The standard InChI is InChI=1S/C9H13N3O/c1-3-10-9(11-4-1)12-5-2-7-13-8-6-12/h1,3-4H,2,5-8H2. The molecule has 4 nitrogen and oxygen atoms in total. The van der Waals surface area contributed by atoms with E-state index in [1.165, 1.54) is 0 Å². The van der Waals surface area contributed by atoms with Crippen LogP contribution in [-0.4, -0.2) is 36.3 Å². The Kier molecular flexibility index (Phi) is 2.72. The van der Waals surface area contributed by atoms with Gasteiger partial charge in [-0.3, -0.25) is 0 Å². The number of hydrogen-bond donors (Lipinski definition) is 0. The molecule has 1 aliphatic rings. The second kappa shape index (κ2) is 4.18. The van der Waals surface area contributed by atoms with Gasteiger partial charge in [0.2, 0.25) is 5.95 Å². The quantitative estimate of drug-likeness (QED) is 0.636. The van der Waals surface area contributed by atoms with E-state index in [1.807, 2.05) is 6.07 Å². The molecule has 1 aliphatic heterocycles. The van der Waals surface area contributed by atoms with Crippen molar-refractivity contribution in [2.24, 2.45) is 0 Å². The van der Waals surface area contributed by atoms with Crippen molar-refractivity contribution in [1.82, 2.24) is 9.97 Å². The lowest BCUT2D eigenvalue weighted by Crippen LogP contribution is -2.27. The number of ether oxygens (including phenoxy) is 1. The molecule has 0 unspecified atom stereocenters. The molecule has 70 valence electrons. The maximum absolute atomic E-state index is 5.35. The molecule has 1 aromatic rings. The van der Waals surface area contributed by atoms with Crippen molar-refractivity contribution >= 4 is 5.95 Å². The number of rotatable bonds is 1. The van der Waals surface area contributed by atoms with Gasteiger partial charge >= 0.3 is 0 Å². The van der Waals surface area contributed by atoms with Crippen molar-refractivity contribution in [1.29, 1.82) is 0 Å². The van der Waals surface area contributed by atoms with Gasteiger partial charge in [-0.25, -0.2) is 9.97 Å². The molecule has 0 amide bonds. The van der Waals surface area contributed by atoms with Crippen molar-refractivity contribution in [3.63, 3.8) is 0 Å². The van der Waals surface area contributed by atoms with Crippen LogP contribution >= 0.6 is 0 Å². The van der Waals surface area contributed by atoms with Crippen molar-refractivity contribution in [3.05, 3.63) is 18.5 Å². The predicted molar refractivity (Wildman–Crippen MR) is 49.7 cm³/mol. The highest BCUT2D eigenvalue weighted by molar-refractivity contribution is 5.28. The fourth-order valence-corrected chi connectivity index (χ4v) is 1.40. The van der Waals surface area contributed by atoms with Gasteiger partial charge in [0, 0.05) is 32.1 Å². The minimum absolute atomic E-state index is 0.776. The second-order valence-corrected chi connectivity index (χ2v) is 3.00. The van der Waals surface area contributed by atoms with Crippen molar-refractivity contribution in [2.45, 2.75) is 6.42 Å². The Morgan fingerprint density at radius 1 is 1.15 bits per heavy atom. The molecule has 0 aromatic carbocycles. The van der Waals surface area contributed by atoms with Gasteiger partial charge in [-0.05, 0) is 12.5 Å². The molecule has 0 N–H and O–H groups in total. The molecule has 13 heavy (non-hydrogen) atoms. The zero-order valence-electron chi connectivity index (χ0n) is 7.52. The number of hydrogen-bond acceptors (Lipinski definition) is 4. The highest BCUT2D eigenvalue weighted by Gasteiger charge is 2.10. The van der Waals surface area contributed by atoms with Crippen LogP contribution in [0.5, 0.6) is 0 Å². The summed E-state index contributed by atoms with van der Waals surface area (Å²) in [4.78, 5) is 10.6. The molecular formula is C9H13N3O. The van der Waals surface area contributed by atoms with E-state index in [0.717, 1.165) is 38.7 Å². The van der Waals surface area contributed by atoms with Crippen LogP contribution in [0, 0.1) is 0 Å². The molecule has 0 spiro atoms. The third kappa shape index (κ3) is 2.15. The molecule has 4 heteroatoms. The molecule has 0 aliphatic carbocycles. The van der Waals surface area contributed by atoms with Gasteiger partial charge in [-0.1, -0.05) is 0 Å². The van der Waals surface area contributed by atoms with Gasteiger partial charge in [-0.2, -0.15) is 0 Å². The molecular weight excluding hydrogens is 166 g/mol. The molecule has 2 rings (SSSR count). The van der Waals surface area contributed by atoms with E-state index >= 15 is 0 Å². The summed E-state index contributed by atoms with van der Waals surface area (Å²) in [6, 6.07) is 1.83. The van der Waals surface area contributed by atoms with E-state index < -0.39 is 0 Å². The Labute approximate surface area is 77.6 Å². The molecule has 1 fully saturated rings. The first-order valence-corrected chi connectivity index (χ1v) is 4.56. The molecule has 0 radical (unpaired) electrons. The van der Waals surface area contributed by atoms with Crippen molar-refractivity contribution in [2.75, 3.05) is 31.2 Å². The first kappa shape index (κ1) is 8.44. The third-order valence-electron chi connectivity index (χ3n) is 2.06. The van der Waals surface area contributed by atoms with Crippen LogP contribution in [0.3, 0.4) is 0 Å². The summed E-state index contributed by atoms with van der Waals surface area (Å²) in [6.07, 6.45) is 4.60. The second-order valence-electron chi connectivity index (χ2n) is 3.00. The van der Waals surface area contributed by atoms with Gasteiger partial charge in [-0.15, -0.1) is 0 Å². The van der Waals surface area contributed by atoms with Gasteiger partial charge in [0.1, 0.15) is 0 Å². The highest BCUT2D eigenvalue weighted by Crippen LogP contribution is 2.07. The maximum Gasteiger partial charge on any atom is 0.225 e. The van der Waals surface area contributed by atoms with E-state index in [2.05, 4.69) is 14.9 Å². The van der Waals surface area contributed by atoms with E-state index in [9.17, 15) is 0 Å². The Hall–Kier alpha value is -1.16. The van der Waals surface area contributed by atoms with Gasteiger partial charge in [0.05, 0.1) is 6.61 Å². The lowest BCUT2D eigenvalue weighted by molar-refractivity contribution is 0.152. The monoisotopic (exact) mass is 179 g/mol. The largest absolute Gasteiger partial charge is 0.380 e. The van der Waals surface area contributed by atoms with E-state index in [0.29, 0.717) is 0 Å². The van der Waals surface area contributed by atoms with E-state index in [4.69, 9.17) is 4.74 Å². The zero-order chi connectivity index (χ0) is 8.93. The number of anilines is 1. The SMILES string of the molecule is c1cnc(N2CCCOCC2)nc1. The average Bonchev–Trinajstić information content (AvgIpc) is 2.47. The lowest BCUT2D eigenvalue weighted by Gasteiger charge is -2.18. The van der Waals surface area contributed by atoms with Crippen LogP contribution < -0.4 is 4.90 Å². The number of aromatic nitrogens is 2. The van der Waals surface area contributed by atoms with Crippen LogP contribution in [0.1, 0.15) is 6.42 Å². The Balaban J connectivity index is 2.06. The number of nitrogens with zero attached hydrogens (tertiary/aromatic N) is 3. The first-order valence-electron chi connectivity index (χ1n) is 4.56. The topological polar surface area (TPSA) is 38.2 Å². The summed E-state index contributed by atoms with van der Waals surface area (Å²) < 4.78 is 5.35. The fourth-order valence-electron chi connectivity index (χ4n) is 1.40. The highest BCUT2D eigenvalue weighted by atomic mass is 16.5. The molecule has 0 atom stereocenters. The van der Waals surface area contributed by atoms with Crippen LogP contribution in [0.25, 0.3) is 0 Å². The summed E-state index contributed by atoms with van der Waals surface area (Å²) in [5.41, 5.74) is 0.